The van der Waals surface area contributed by atoms with Crippen LogP contribution in [-0.2, 0) is 4.74 Å². The fourth-order valence-electron chi connectivity index (χ4n) is 1.29. The Bertz CT molecular complexity index is 555. The van der Waals surface area contributed by atoms with Gasteiger partial charge < -0.3 is 4.74 Å². The van der Waals surface area contributed by atoms with E-state index in [1.54, 1.807) is 6.92 Å². The summed E-state index contributed by atoms with van der Waals surface area (Å²) in [4.78, 5) is 12.6. The molecule has 0 saturated heterocycles. The van der Waals surface area contributed by atoms with Crippen molar-refractivity contribution in [2.24, 2.45) is 0 Å². The standard InChI is InChI=1S/C12H12N2O2S2/c1-3-16-11(15)10-13-14-12(18-10)17-9-7-5-4-6-8(9)2/h4-7H,3H2,1-2H3. The molecule has 0 aliphatic heterocycles. The van der Waals surface area contributed by atoms with Gasteiger partial charge in [-0.15, -0.1) is 10.2 Å². The number of aromatic nitrogens is 2. The van der Waals surface area contributed by atoms with E-state index < -0.39 is 5.97 Å². The predicted octanol–water partition coefficient (Wildman–Crippen LogP) is 3.17. The second kappa shape index (κ2) is 5.97. The Morgan fingerprint density at radius 2 is 2.17 bits per heavy atom. The lowest BCUT2D eigenvalue weighted by atomic mass is 10.2. The average Bonchev–Trinajstić information content (AvgIpc) is 2.81. The largest absolute Gasteiger partial charge is 0.461 e. The van der Waals surface area contributed by atoms with Gasteiger partial charge in [0.15, 0.2) is 4.34 Å². The third-order valence-corrected chi connectivity index (χ3v) is 4.28. The zero-order chi connectivity index (χ0) is 13.0. The highest BCUT2D eigenvalue weighted by molar-refractivity contribution is 8.01. The Labute approximate surface area is 113 Å². The first kappa shape index (κ1) is 13.0. The van der Waals surface area contributed by atoms with Crippen LogP contribution in [0.2, 0.25) is 0 Å². The fraction of sp³-hybridized carbons (Fsp3) is 0.250. The third kappa shape index (κ3) is 3.08. The van der Waals surface area contributed by atoms with Gasteiger partial charge in [0.2, 0.25) is 5.01 Å². The lowest BCUT2D eigenvalue weighted by molar-refractivity contribution is 0.0525. The maximum Gasteiger partial charge on any atom is 0.369 e. The smallest absolute Gasteiger partial charge is 0.369 e. The Morgan fingerprint density at radius 3 is 2.89 bits per heavy atom. The first-order valence-electron chi connectivity index (χ1n) is 5.45. The lowest BCUT2D eigenvalue weighted by Gasteiger charge is -2.00. The van der Waals surface area contributed by atoms with Gasteiger partial charge in [-0.1, -0.05) is 41.3 Å². The Kier molecular flexibility index (Phi) is 4.33. The normalized spacial score (nSPS) is 10.3. The Balaban J connectivity index is 2.12. The molecule has 0 bridgehead atoms. The van der Waals surface area contributed by atoms with E-state index in [4.69, 9.17) is 4.74 Å². The van der Waals surface area contributed by atoms with E-state index in [0.717, 1.165) is 9.24 Å². The molecule has 1 aromatic carbocycles. The Morgan fingerprint density at radius 1 is 1.39 bits per heavy atom. The maximum absolute atomic E-state index is 11.5. The van der Waals surface area contributed by atoms with Gasteiger partial charge in [-0.25, -0.2) is 4.79 Å². The number of hydrogen-bond acceptors (Lipinski definition) is 6. The minimum absolute atomic E-state index is 0.299. The Hall–Kier alpha value is -1.40. The molecule has 18 heavy (non-hydrogen) atoms. The monoisotopic (exact) mass is 280 g/mol. The van der Waals surface area contributed by atoms with Crippen molar-refractivity contribution in [1.82, 2.24) is 10.2 Å². The summed E-state index contributed by atoms with van der Waals surface area (Å²) in [6.45, 7) is 4.15. The summed E-state index contributed by atoms with van der Waals surface area (Å²) in [5.74, 6) is -0.411. The van der Waals surface area contributed by atoms with Crippen LogP contribution in [0.4, 0.5) is 0 Å². The van der Waals surface area contributed by atoms with E-state index in [0.29, 0.717) is 11.6 Å². The van der Waals surface area contributed by atoms with Crippen molar-refractivity contribution in [2.45, 2.75) is 23.1 Å². The second-order valence-electron chi connectivity index (χ2n) is 3.46. The molecule has 1 aromatic heterocycles. The number of carbonyl (C=O) groups excluding carboxylic acids is 1. The number of ether oxygens (including phenoxy) is 1. The van der Waals surface area contributed by atoms with Gasteiger partial charge >= 0.3 is 5.97 Å². The van der Waals surface area contributed by atoms with Crippen LogP contribution >= 0.6 is 23.1 Å². The summed E-state index contributed by atoms with van der Waals surface area (Å²) >= 11 is 2.76. The molecule has 0 radical (unpaired) electrons. The summed E-state index contributed by atoms with van der Waals surface area (Å²) < 4.78 is 5.62. The van der Waals surface area contributed by atoms with E-state index in [1.165, 1.54) is 28.7 Å². The first-order valence-corrected chi connectivity index (χ1v) is 7.08. The molecular weight excluding hydrogens is 268 g/mol. The summed E-state index contributed by atoms with van der Waals surface area (Å²) in [7, 11) is 0. The first-order chi connectivity index (χ1) is 8.70. The number of esters is 1. The molecule has 0 atom stereocenters. The van der Waals surface area contributed by atoms with Gasteiger partial charge in [0.25, 0.3) is 0 Å². The zero-order valence-corrected chi connectivity index (χ0v) is 11.7. The maximum atomic E-state index is 11.5. The van der Waals surface area contributed by atoms with E-state index in [9.17, 15) is 4.79 Å². The van der Waals surface area contributed by atoms with Gasteiger partial charge in [-0.05, 0) is 25.5 Å². The molecule has 0 spiro atoms. The highest BCUT2D eigenvalue weighted by Gasteiger charge is 2.14. The molecule has 6 heteroatoms. The van der Waals surface area contributed by atoms with Crippen LogP contribution in [0.15, 0.2) is 33.5 Å². The molecule has 0 unspecified atom stereocenters. The number of hydrogen-bond donors (Lipinski definition) is 0. The number of aryl methyl sites for hydroxylation is 1. The van der Waals surface area contributed by atoms with Crippen LogP contribution in [0.3, 0.4) is 0 Å². The molecule has 2 aromatic rings. The minimum Gasteiger partial charge on any atom is -0.461 e. The van der Waals surface area contributed by atoms with E-state index in [-0.39, 0.29) is 0 Å². The van der Waals surface area contributed by atoms with Crippen molar-refractivity contribution in [3.05, 3.63) is 34.8 Å². The fourth-order valence-corrected chi connectivity index (χ4v) is 3.08. The summed E-state index contributed by atoms with van der Waals surface area (Å²) in [5.41, 5.74) is 1.18. The highest BCUT2D eigenvalue weighted by atomic mass is 32.2. The highest BCUT2D eigenvalue weighted by Crippen LogP contribution is 2.32. The van der Waals surface area contributed by atoms with Gasteiger partial charge in [-0.3, -0.25) is 0 Å². The van der Waals surface area contributed by atoms with Crippen LogP contribution in [0, 0.1) is 6.92 Å². The van der Waals surface area contributed by atoms with Crippen LogP contribution in [0.1, 0.15) is 22.3 Å². The molecule has 2 rings (SSSR count). The summed E-state index contributed by atoms with van der Waals surface area (Å²) in [5, 5.41) is 8.12. The van der Waals surface area contributed by atoms with Crippen molar-refractivity contribution >= 4 is 29.1 Å². The SMILES string of the molecule is CCOC(=O)c1nnc(Sc2ccccc2C)s1. The molecule has 1 heterocycles. The van der Waals surface area contributed by atoms with Crippen molar-refractivity contribution in [3.63, 3.8) is 0 Å². The number of benzene rings is 1. The van der Waals surface area contributed by atoms with Crippen molar-refractivity contribution in [3.8, 4) is 0 Å². The molecule has 0 saturated carbocycles. The van der Waals surface area contributed by atoms with Crippen molar-refractivity contribution in [2.75, 3.05) is 6.61 Å². The van der Waals surface area contributed by atoms with Crippen LogP contribution in [0.25, 0.3) is 0 Å². The molecule has 0 N–H and O–H groups in total. The summed E-state index contributed by atoms with van der Waals surface area (Å²) in [6.07, 6.45) is 0. The van der Waals surface area contributed by atoms with Gasteiger partial charge in [0.1, 0.15) is 0 Å². The number of nitrogens with zero attached hydrogens (tertiary/aromatic N) is 2. The molecule has 4 nitrogen and oxygen atoms in total. The molecule has 0 fully saturated rings. The van der Waals surface area contributed by atoms with E-state index in [2.05, 4.69) is 10.2 Å². The number of rotatable bonds is 4. The van der Waals surface area contributed by atoms with Crippen LogP contribution < -0.4 is 0 Å². The summed E-state index contributed by atoms with van der Waals surface area (Å²) in [6, 6.07) is 8.02. The van der Waals surface area contributed by atoms with E-state index in [1.807, 2.05) is 31.2 Å². The minimum atomic E-state index is -0.411. The van der Waals surface area contributed by atoms with Crippen LogP contribution in [0.5, 0.6) is 0 Å². The average molecular weight is 280 g/mol. The quantitative estimate of drug-likeness (QED) is 0.805. The van der Waals surface area contributed by atoms with Gasteiger partial charge in [0, 0.05) is 4.90 Å². The van der Waals surface area contributed by atoms with Crippen molar-refractivity contribution in [1.29, 1.82) is 0 Å². The van der Waals surface area contributed by atoms with Crippen molar-refractivity contribution < 1.29 is 9.53 Å². The number of carbonyl (C=O) groups is 1. The lowest BCUT2D eigenvalue weighted by Crippen LogP contribution is -2.03. The third-order valence-electron chi connectivity index (χ3n) is 2.15. The molecule has 0 aliphatic carbocycles. The van der Waals surface area contributed by atoms with Crippen LogP contribution in [-0.4, -0.2) is 22.8 Å². The zero-order valence-electron chi connectivity index (χ0n) is 10.0. The molecule has 0 aliphatic rings. The molecule has 0 amide bonds. The van der Waals surface area contributed by atoms with Gasteiger partial charge in [0.05, 0.1) is 6.61 Å². The molecule has 94 valence electrons. The second-order valence-corrected chi connectivity index (χ2v) is 5.73. The molecular formula is C12H12N2O2S2. The van der Waals surface area contributed by atoms with E-state index >= 15 is 0 Å². The predicted molar refractivity (Wildman–Crippen MR) is 71.2 cm³/mol. The van der Waals surface area contributed by atoms with Gasteiger partial charge in [-0.2, -0.15) is 0 Å². The topological polar surface area (TPSA) is 52.1 Å².